The predicted molar refractivity (Wildman–Crippen MR) is 119 cm³/mol. The van der Waals surface area contributed by atoms with Crippen molar-refractivity contribution in [2.45, 2.75) is 19.9 Å². The quantitative estimate of drug-likeness (QED) is 0.487. The number of carbonyl (C=O) groups excluding carboxylic acids is 1. The Morgan fingerprint density at radius 3 is 2.42 bits per heavy atom. The van der Waals surface area contributed by atoms with Gasteiger partial charge in [0.2, 0.25) is 0 Å². The maximum atomic E-state index is 13.4. The van der Waals surface area contributed by atoms with E-state index in [4.69, 9.17) is 0 Å². The van der Waals surface area contributed by atoms with E-state index in [-0.39, 0.29) is 23.0 Å². The number of nitrogens with one attached hydrogen (secondary N) is 2. The lowest BCUT2D eigenvalue weighted by molar-refractivity contribution is 0.101. The van der Waals surface area contributed by atoms with Crippen LogP contribution in [0.5, 0.6) is 0 Å². The van der Waals surface area contributed by atoms with Gasteiger partial charge in [0.15, 0.2) is 17.3 Å². The van der Waals surface area contributed by atoms with Crippen LogP contribution in [0.15, 0.2) is 54.6 Å². The van der Waals surface area contributed by atoms with E-state index in [1.165, 1.54) is 25.3 Å². The Labute approximate surface area is 180 Å². The second kappa shape index (κ2) is 9.65. The number of sulfone groups is 1. The van der Waals surface area contributed by atoms with Gasteiger partial charge in [-0.15, -0.1) is 10.2 Å². The lowest BCUT2D eigenvalue weighted by Gasteiger charge is -2.12. The zero-order valence-corrected chi connectivity index (χ0v) is 18.0. The van der Waals surface area contributed by atoms with Gasteiger partial charge < -0.3 is 10.6 Å². The van der Waals surface area contributed by atoms with Gasteiger partial charge in [0.25, 0.3) is 0 Å². The highest BCUT2D eigenvalue weighted by Gasteiger charge is 2.12. The van der Waals surface area contributed by atoms with E-state index in [0.29, 0.717) is 24.5 Å². The molecule has 7 nitrogen and oxygen atoms in total. The minimum absolute atomic E-state index is 0.0953. The topological polar surface area (TPSA) is 101 Å². The molecule has 0 bridgehead atoms. The summed E-state index contributed by atoms with van der Waals surface area (Å²) in [5, 5.41) is 14.3. The Bertz CT molecular complexity index is 1180. The maximum absolute atomic E-state index is 13.4. The van der Waals surface area contributed by atoms with Crippen LogP contribution >= 0.6 is 0 Å². The molecule has 0 saturated carbocycles. The van der Waals surface area contributed by atoms with Crippen molar-refractivity contribution >= 4 is 32.8 Å². The Hall–Kier alpha value is -3.33. The second-order valence-electron chi connectivity index (χ2n) is 7.23. The molecule has 3 aromatic rings. The third kappa shape index (κ3) is 6.85. The van der Waals surface area contributed by atoms with Crippen LogP contribution in [0, 0.1) is 5.82 Å². The molecule has 0 aliphatic heterocycles. The number of anilines is 3. The van der Waals surface area contributed by atoms with Crippen LogP contribution in [0.2, 0.25) is 0 Å². The molecule has 9 heteroatoms. The number of hydrogen-bond donors (Lipinski definition) is 2. The highest BCUT2D eigenvalue weighted by molar-refractivity contribution is 7.90. The fraction of sp³-hybridized carbons (Fsp3) is 0.227. The molecule has 0 fully saturated rings. The third-order valence-electron chi connectivity index (χ3n) is 4.49. The molecule has 0 aliphatic rings. The fourth-order valence-electron chi connectivity index (χ4n) is 2.90. The van der Waals surface area contributed by atoms with Gasteiger partial charge >= 0.3 is 0 Å². The van der Waals surface area contributed by atoms with Crippen molar-refractivity contribution < 1.29 is 17.6 Å². The molecule has 0 saturated heterocycles. The molecule has 0 amide bonds. The lowest BCUT2D eigenvalue weighted by Crippen LogP contribution is -2.10. The summed E-state index contributed by atoms with van der Waals surface area (Å²) in [7, 11) is -3.01. The first-order valence-corrected chi connectivity index (χ1v) is 11.7. The van der Waals surface area contributed by atoms with Crippen molar-refractivity contribution in [3.05, 3.63) is 77.2 Å². The van der Waals surface area contributed by atoms with E-state index < -0.39 is 9.84 Å². The standard InChI is InChI=1S/C22H23FN4O3S/c1-15(28)22-20(24-14-17-4-3-5-18(23)12-17)13-21(26-27-22)25-19-8-6-16(7-9-19)10-11-31(2,29)30/h3-9,12-13H,10-11,14H2,1-2H3,(H2,24,25,26). The van der Waals surface area contributed by atoms with Crippen molar-refractivity contribution in [1.29, 1.82) is 0 Å². The minimum atomic E-state index is -3.01. The zero-order chi connectivity index (χ0) is 22.4. The highest BCUT2D eigenvalue weighted by atomic mass is 32.2. The monoisotopic (exact) mass is 442 g/mol. The van der Waals surface area contributed by atoms with E-state index >= 15 is 0 Å². The summed E-state index contributed by atoms with van der Waals surface area (Å²) in [5.41, 5.74) is 3.05. The van der Waals surface area contributed by atoms with E-state index in [0.717, 1.165) is 16.8 Å². The van der Waals surface area contributed by atoms with Crippen molar-refractivity contribution in [1.82, 2.24) is 10.2 Å². The van der Waals surface area contributed by atoms with E-state index in [9.17, 15) is 17.6 Å². The van der Waals surface area contributed by atoms with Gasteiger partial charge in [0.05, 0.1) is 11.4 Å². The Morgan fingerprint density at radius 1 is 1.03 bits per heavy atom. The van der Waals surface area contributed by atoms with Crippen molar-refractivity contribution in [2.75, 3.05) is 22.6 Å². The minimum Gasteiger partial charge on any atom is -0.379 e. The van der Waals surface area contributed by atoms with Crippen molar-refractivity contribution in [3.63, 3.8) is 0 Å². The largest absolute Gasteiger partial charge is 0.379 e. The average Bonchev–Trinajstić information content (AvgIpc) is 2.71. The molecule has 1 aromatic heterocycles. The number of rotatable bonds is 9. The SMILES string of the molecule is CC(=O)c1nnc(Nc2ccc(CCS(C)(=O)=O)cc2)cc1NCc1cccc(F)c1. The van der Waals surface area contributed by atoms with Gasteiger partial charge in [-0.1, -0.05) is 24.3 Å². The first-order valence-electron chi connectivity index (χ1n) is 9.60. The molecule has 2 N–H and O–H groups in total. The maximum Gasteiger partial charge on any atom is 0.182 e. The molecule has 0 radical (unpaired) electrons. The smallest absolute Gasteiger partial charge is 0.182 e. The van der Waals surface area contributed by atoms with Gasteiger partial charge in [0, 0.05) is 31.5 Å². The van der Waals surface area contributed by atoms with Gasteiger partial charge in [-0.05, 0) is 41.8 Å². The molecule has 3 rings (SSSR count). The van der Waals surface area contributed by atoms with Crippen LogP contribution in [-0.4, -0.2) is 36.4 Å². The highest BCUT2D eigenvalue weighted by Crippen LogP contribution is 2.22. The van der Waals surface area contributed by atoms with E-state index in [1.54, 1.807) is 18.2 Å². The summed E-state index contributed by atoms with van der Waals surface area (Å²) >= 11 is 0. The number of Topliss-reactive ketones (excluding diaryl/α,β-unsaturated/α-hetero) is 1. The fourth-order valence-corrected chi connectivity index (χ4v) is 3.50. The molecule has 2 aromatic carbocycles. The van der Waals surface area contributed by atoms with Crippen molar-refractivity contribution in [3.8, 4) is 0 Å². The molecule has 162 valence electrons. The number of nitrogens with zero attached hydrogens (tertiary/aromatic N) is 2. The van der Waals surface area contributed by atoms with Gasteiger partial charge in [-0.2, -0.15) is 0 Å². The van der Waals surface area contributed by atoms with Crippen LogP contribution in [0.1, 0.15) is 28.5 Å². The Morgan fingerprint density at radius 2 is 1.77 bits per heavy atom. The number of carbonyl (C=O) groups is 1. The van der Waals surface area contributed by atoms with Crippen LogP contribution in [0.3, 0.4) is 0 Å². The first-order chi connectivity index (χ1) is 14.7. The molecule has 0 aliphatic carbocycles. The lowest BCUT2D eigenvalue weighted by atomic mass is 10.1. The Kier molecular flexibility index (Phi) is 6.96. The zero-order valence-electron chi connectivity index (χ0n) is 17.2. The van der Waals surface area contributed by atoms with Crippen LogP contribution in [-0.2, 0) is 22.8 Å². The predicted octanol–water partition coefficient (Wildman–Crippen LogP) is 3.76. The number of aromatic nitrogens is 2. The van der Waals surface area contributed by atoms with Gasteiger partial charge in [-0.3, -0.25) is 4.79 Å². The van der Waals surface area contributed by atoms with E-state index in [2.05, 4.69) is 20.8 Å². The summed E-state index contributed by atoms with van der Waals surface area (Å²) in [6, 6.07) is 15.2. The van der Waals surface area contributed by atoms with Crippen molar-refractivity contribution in [2.24, 2.45) is 0 Å². The Balaban J connectivity index is 1.73. The van der Waals surface area contributed by atoms with Gasteiger partial charge in [0.1, 0.15) is 15.7 Å². The molecule has 0 atom stereocenters. The number of benzene rings is 2. The summed E-state index contributed by atoms with van der Waals surface area (Å²) in [4.78, 5) is 11.9. The van der Waals surface area contributed by atoms with Crippen LogP contribution in [0.4, 0.5) is 21.6 Å². The first kappa shape index (κ1) is 22.4. The number of hydrogen-bond acceptors (Lipinski definition) is 7. The molecule has 1 heterocycles. The molecular formula is C22H23FN4O3S. The second-order valence-corrected chi connectivity index (χ2v) is 9.49. The number of ketones is 1. The molecule has 0 spiro atoms. The molecular weight excluding hydrogens is 419 g/mol. The van der Waals surface area contributed by atoms with Gasteiger partial charge in [-0.25, -0.2) is 12.8 Å². The van der Waals surface area contributed by atoms with Crippen LogP contribution < -0.4 is 10.6 Å². The normalized spacial score (nSPS) is 11.2. The number of halogens is 1. The summed E-state index contributed by atoms with van der Waals surface area (Å²) in [6.45, 7) is 1.72. The summed E-state index contributed by atoms with van der Waals surface area (Å²) in [6.07, 6.45) is 1.66. The third-order valence-corrected chi connectivity index (χ3v) is 5.43. The van der Waals surface area contributed by atoms with Crippen LogP contribution in [0.25, 0.3) is 0 Å². The average molecular weight is 443 g/mol. The summed E-state index contributed by atoms with van der Waals surface area (Å²) in [5.74, 6) is -0.0501. The van der Waals surface area contributed by atoms with E-state index in [1.807, 2.05) is 24.3 Å². The molecule has 31 heavy (non-hydrogen) atoms. The number of aryl methyl sites for hydroxylation is 1. The summed E-state index contributed by atoms with van der Waals surface area (Å²) < 4.78 is 36.0. The molecule has 0 unspecified atom stereocenters.